The van der Waals surface area contributed by atoms with Crippen LogP contribution in [0.15, 0.2) is 30.7 Å². The third kappa shape index (κ3) is 4.50. The molecule has 2 aromatic heterocycles. The van der Waals surface area contributed by atoms with E-state index in [2.05, 4.69) is 32.3 Å². The number of alkyl halides is 1. The van der Waals surface area contributed by atoms with E-state index in [4.69, 9.17) is 15.2 Å². The van der Waals surface area contributed by atoms with Crippen LogP contribution in [0.4, 0.5) is 4.39 Å². The fourth-order valence-electron chi connectivity index (χ4n) is 4.10. The molecule has 176 valence electrons. The van der Waals surface area contributed by atoms with E-state index >= 15 is 0 Å². The highest BCUT2D eigenvalue weighted by Crippen LogP contribution is 2.33. The van der Waals surface area contributed by atoms with Crippen LogP contribution < -0.4 is 20.5 Å². The zero-order valence-electron chi connectivity index (χ0n) is 18.7. The number of nitrogens with zero attached hydrogens (tertiary/aromatic N) is 2. The van der Waals surface area contributed by atoms with Gasteiger partial charge in [0.15, 0.2) is 6.17 Å². The molecule has 4 N–H and O–H groups in total. The predicted octanol–water partition coefficient (Wildman–Crippen LogP) is 2.10. The molecule has 0 unspecified atom stereocenters. The first-order valence-corrected chi connectivity index (χ1v) is 10.8. The molecular formula is C24H24FN5O4. The van der Waals surface area contributed by atoms with E-state index in [1.54, 1.807) is 30.7 Å². The zero-order valence-corrected chi connectivity index (χ0v) is 18.7. The fraction of sp³-hybridized carbons (Fsp3) is 0.333. The van der Waals surface area contributed by atoms with Crippen molar-refractivity contribution in [2.45, 2.75) is 32.0 Å². The lowest BCUT2D eigenvalue weighted by Crippen LogP contribution is -2.30. The molecule has 1 aliphatic heterocycles. The summed E-state index contributed by atoms with van der Waals surface area (Å²) in [5, 5.41) is 10.4. The summed E-state index contributed by atoms with van der Waals surface area (Å²) >= 11 is 0. The second kappa shape index (κ2) is 9.79. The first kappa shape index (κ1) is 23.0. The first-order valence-electron chi connectivity index (χ1n) is 10.8. The van der Waals surface area contributed by atoms with Gasteiger partial charge in [0.25, 0.3) is 11.8 Å². The van der Waals surface area contributed by atoms with Gasteiger partial charge in [0.1, 0.15) is 5.75 Å². The Morgan fingerprint density at radius 1 is 1.26 bits per heavy atom. The van der Waals surface area contributed by atoms with Gasteiger partial charge in [-0.1, -0.05) is 18.8 Å². The maximum absolute atomic E-state index is 14.1. The topological polar surface area (TPSA) is 132 Å². The van der Waals surface area contributed by atoms with E-state index < -0.39 is 18.0 Å². The average Bonchev–Trinajstić information content (AvgIpc) is 3.45. The Hall–Kier alpha value is -4.13. The summed E-state index contributed by atoms with van der Waals surface area (Å²) in [5.74, 6) is 4.98. The molecule has 3 atom stereocenters. The Morgan fingerprint density at radius 2 is 2.09 bits per heavy atom. The van der Waals surface area contributed by atoms with Crippen molar-refractivity contribution in [1.29, 1.82) is 0 Å². The quantitative estimate of drug-likeness (QED) is 0.458. The van der Waals surface area contributed by atoms with Crippen molar-refractivity contribution in [3.05, 3.63) is 47.4 Å². The summed E-state index contributed by atoms with van der Waals surface area (Å²) in [7, 11) is 1.44. The maximum Gasteiger partial charge on any atom is 0.255 e. The lowest BCUT2D eigenvalue weighted by atomic mass is 9.94. The molecule has 10 heteroatoms. The summed E-state index contributed by atoms with van der Waals surface area (Å²) in [6, 6.07) is 2.92. The summed E-state index contributed by atoms with van der Waals surface area (Å²) < 4.78 is 25.3. The molecule has 9 nitrogen and oxygen atoms in total. The van der Waals surface area contributed by atoms with Crippen molar-refractivity contribution >= 4 is 22.6 Å². The normalized spacial score (nSPS) is 19.4. The molecule has 0 radical (unpaired) electrons. The molecule has 1 aliphatic rings. The molecule has 0 aliphatic carbocycles. The Balaban J connectivity index is 1.66. The second-order valence-electron chi connectivity index (χ2n) is 7.90. The number of carbonyl (C=O) groups is 2. The monoisotopic (exact) mass is 465 g/mol. The van der Waals surface area contributed by atoms with Gasteiger partial charge in [-0.05, 0) is 18.6 Å². The van der Waals surface area contributed by atoms with Gasteiger partial charge in [-0.3, -0.25) is 14.7 Å². The smallest absolute Gasteiger partial charge is 0.255 e. The number of fused-ring (bicyclic) bond motifs is 1. The number of H-pyrrole nitrogens is 1. The van der Waals surface area contributed by atoms with E-state index in [-0.39, 0.29) is 29.9 Å². The number of rotatable bonds is 7. The number of hydrogen-bond donors (Lipinski definition) is 3. The van der Waals surface area contributed by atoms with Gasteiger partial charge in [-0.25, -0.2) is 9.37 Å². The van der Waals surface area contributed by atoms with Gasteiger partial charge in [0, 0.05) is 41.5 Å². The number of amides is 2. The number of aromatic amines is 1. The van der Waals surface area contributed by atoms with Crippen LogP contribution in [0.1, 0.15) is 41.3 Å². The van der Waals surface area contributed by atoms with Crippen LogP contribution in [0.3, 0.4) is 0 Å². The third-order valence-corrected chi connectivity index (χ3v) is 5.89. The van der Waals surface area contributed by atoms with Crippen molar-refractivity contribution in [3.8, 4) is 23.5 Å². The van der Waals surface area contributed by atoms with Crippen molar-refractivity contribution in [3.63, 3.8) is 0 Å². The molecule has 1 fully saturated rings. The largest absolute Gasteiger partial charge is 0.496 e. The lowest BCUT2D eigenvalue weighted by molar-refractivity contribution is -0.123. The van der Waals surface area contributed by atoms with Crippen molar-refractivity contribution in [1.82, 2.24) is 20.5 Å². The molecule has 3 heterocycles. The number of hydrogen-bond acceptors (Lipinski definition) is 6. The van der Waals surface area contributed by atoms with Gasteiger partial charge in [0.05, 0.1) is 36.6 Å². The van der Waals surface area contributed by atoms with Gasteiger partial charge in [-0.15, -0.1) is 0 Å². The molecule has 0 saturated carbocycles. The minimum atomic E-state index is -1.50. The Morgan fingerprint density at radius 3 is 2.76 bits per heavy atom. The average molecular weight is 465 g/mol. The summed E-state index contributed by atoms with van der Waals surface area (Å²) in [4.78, 5) is 28.1. The molecule has 0 spiro atoms. The molecule has 2 amide bonds. The van der Waals surface area contributed by atoms with E-state index in [0.29, 0.717) is 40.6 Å². The van der Waals surface area contributed by atoms with Crippen molar-refractivity contribution in [2.75, 3.05) is 13.7 Å². The molecule has 4 rings (SSSR count). The van der Waals surface area contributed by atoms with E-state index in [9.17, 15) is 14.0 Å². The van der Waals surface area contributed by atoms with Crippen molar-refractivity contribution < 1.29 is 23.5 Å². The van der Waals surface area contributed by atoms with E-state index in [1.807, 2.05) is 6.92 Å². The highest BCUT2D eigenvalue weighted by Gasteiger charge is 2.41. The molecule has 0 bridgehead atoms. The Bertz CT molecular complexity index is 1280. The van der Waals surface area contributed by atoms with E-state index in [0.717, 1.165) is 0 Å². The number of ether oxygens (including phenoxy) is 2. The maximum atomic E-state index is 14.1. The van der Waals surface area contributed by atoms with Gasteiger partial charge in [0.2, 0.25) is 5.88 Å². The number of pyridine rings is 1. The molecule has 3 aromatic rings. The van der Waals surface area contributed by atoms with Crippen LogP contribution in [-0.2, 0) is 4.79 Å². The molecule has 34 heavy (non-hydrogen) atoms. The van der Waals surface area contributed by atoms with Gasteiger partial charge < -0.3 is 20.5 Å². The minimum absolute atomic E-state index is 0.201. The molecule has 1 aromatic carbocycles. The van der Waals surface area contributed by atoms with Crippen LogP contribution in [0.5, 0.6) is 11.6 Å². The minimum Gasteiger partial charge on any atom is -0.496 e. The lowest BCUT2D eigenvalue weighted by Gasteiger charge is -2.18. The zero-order chi connectivity index (χ0) is 24.2. The number of aromatic nitrogens is 3. The third-order valence-electron chi connectivity index (χ3n) is 5.89. The number of benzene rings is 1. The number of primary amides is 1. The number of nitrogens with two attached hydrogens (primary N) is 1. The fourth-order valence-corrected chi connectivity index (χ4v) is 4.10. The van der Waals surface area contributed by atoms with Crippen LogP contribution in [0, 0.1) is 17.8 Å². The number of methoxy groups -OCH3 is 1. The summed E-state index contributed by atoms with van der Waals surface area (Å²) in [6.45, 7) is 2.06. The van der Waals surface area contributed by atoms with Crippen LogP contribution in [0.25, 0.3) is 10.8 Å². The first-order chi connectivity index (χ1) is 16.4. The highest BCUT2D eigenvalue weighted by atomic mass is 19.1. The van der Waals surface area contributed by atoms with E-state index in [1.165, 1.54) is 7.11 Å². The van der Waals surface area contributed by atoms with Crippen LogP contribution in [0.2, 0.25) is 0 Å². The summed E-state index contributed by atoms with van der Waals surface area (Å²) in [6.07, 6.45) is 4.26. The summed E-state index contributed by atoms with van der Waals surface area (Å²) in [5.41, 5.74) is 6.99. The number of carbonyl (C=O) groups excluding carboxylic acids is 2. The highest BCUT2D eigenvalue weighted by molar-refractivity contribution is 6.03. The van der Waals surface area contributed by atoms with Gasteiger partial charge in [-0.2, -0.15) is 5.10 Å². The predicted molar refractivity (Wildman–Crippen MR) is 122 cm³/mol. The standard InChI is InChI=1S/C24H24FN5O4/c1-3-15-19(30-23(32)21(15)25)6-7-34-24-17-9-20(33-2)18(22(26)31)8-16(17)14(12-27-24)5-4-13-10-28-29-11-13/h8-12,15,19,21H,3,6-7H2,1-2H3,(H2,26,31)(H,28,29)(H,30,32)/t15-,19+,21-/m0/s1. The SMILES string of the molecule is CC[C@@H]1[C@H](F)C(=O)N[C@@H]1CCOc1ncc(C#Cc2cn[nH]c2)c2cc(C(N)=O)c(OC)cc12. The Labute approximate surface area is 195 Å². The molecule has 1 saturated heterocycles. The second-order valence-corrected chi connectivity index (χ2v) is 7.90. The van der Waals surface area contributed by atoms with Crippen LogP contribution >= 0.6 is 0 Å². The van der Waals surface area contributed by atoms with Gasteiger partial charge >= 0.3 is 0 Å². The molecular weight excluding hydrogens is 441 g/mol. The number of nitrogens with one attached hydrogen (secondary N) is 2. The van der Waals surface area contributed by atoms with Crippen molar-refractivity contribution in [2.24, 2.45) is 11.7 Å². The number of halogens is 1. The Kier molecular flexibility index (Phi) is 6.63. The van der Waals surface area contributed by atoms with Crippen LogP contribution in [-0.4, -0.2) is 52.9 Å².